The number of pyridine rings is 1. The molecule has 0 fully saturated rings. The lowest BCUT2D eigenvalue weighted by atomic mass is 10.1. The summed E-state index contributed by atoms with van der Waals surface area (Å²) in [6, 6.07) is 17.6. The monoisotopic (exact) mass is 397 g/mol. The summed E-state index contributed by atoms with van der Waals surface area (Å²) < 4.78 is 13.6. The normalized spacial score (nSPS) is 10.5. The molecule has 6 heteroatoms. The number of benzene rings is 2. The summed E-state index contributed by atoms with van der Waals surface area (Å²) in [7, 11) is 0. The van der Waals surface area contributed by atoms with Gasteiger partial charge in [0, 0.05) is 29.9 Å². The van der Waals surface area contributed by atoms with E-state index in [4.69, 9.17) is 11.6 Å². The lowest BCUT2D eigenvalue weighted by Gasteiger charge is -2.09. The fourth-order valence-electron chi connectivity index (χ4n) is 2.81. The number of nitrogens with zero attached hydrogens (tertiary/aromatic N) is 1. The van der Waals surface area contributed by atoms with Crippen LogP contribution in [0.3, 0.4) is 0 Å². The van der Waals surface area contributed by atoms with Gasteiger partial charge in [-0.15, -0.1) is 0 Å². The van der Waals surface area contributed by atoms with E-state index in [9.17, 15) is 9.18 Å². The fraction of sp³-hybridized carbons (Fsp3) is 0.182. The second kappa shape index (κ2) is 9.85. The van der Waals surface area contributed by atoms with Gasteiger partial charge in [0.25, 0.3) is 5.91 Å². The van der Waals surface area contributed by atoms with Crippen molar-refractivity contribution < 1.29 is 9.18 Å². The summed E-state index contributed by atoms with van der Waals surface area (Å²) in [6.45, 7) is 1.03. The van der Waals surface area contributed by atoms with Gasteiger partial charge in [-0.05, 0) is 54.3 Å². The van der Waals surface area contributed by atoms with Crippen LogP contribution in [0.4, 0.5) is 10.2 Å². The Labute approximate surface area is 168 Å². The molecule has 4 nitrogen and oxygen atoms in total. The maximum atomic E-state index is 13.6. The van der Waals surface area contributed by atoms with Crippen LogP contribution in [-0.2, 0) is 12.8 Å². The molecule has 1 aromatic heterocycles. The van der Waals surface area contributed by atoms with Gasteiger partial charge in [-0.1, -0.05) is 41.9 Å². The number of hydrogen-bond acceptors (Lipinski definition) is 3. The first kappa shape index (κ1) is 19.8. The van der Waals surface area contributed by atoms with Gasteiger partial charge in [0.1, 0.15) is 11.6 Å². The van der Waals surface area contributed by atoms with Crippen LogP contribution in [0.2, 0.25) is 5.02 Å². The van der Waals surface area contributed by atoms with Crippen molar-refractivity contribution in [2.24, 2.45) is 0 Å². The molecule has 28 heavy (non-hydrogen) atoms. The minimum Gasteiger partial charge on any atom is -0.370 e. The van der Waals surface area contributed by atoms with Crippen LogP contribution in [0.15, 0.2) is 66.9 Å². The number of amides is 1. The first-order chi connectivity index (χ1) is 13.6. The number of aromatic nitrogens is 1. The third kappa shape index (κ3) is 5.79. The molecule has 0 atom stereocenters. The molecular formula is C22H21ClFN3O. The molecule has 1 amide bonds. The van der Waals surface area contributed by atoms with Crippen molar-refractivity contribution in [2.45, 2.75) is 12.8 Å². The van der Waals surface area contributed by atoms with Gasteiger partial charge in [-0.2, -0.15) is 0 Å². The van der Waals surface area contributed by atoms with Crippen LogP contribution in [0.25, 0.3) is 0 Å². The molecule has 0 saturated heterocycles. The standard InChI is InChI=1S/C22H21ClFN3O/c23-19-6-3-4-16(14-19)8-11-27-22(28)18-10-13-26-21(15-18)25-12-9-17-5-1-2-7-20(17)24/h1-7,10,13-15H,8-9,11-12H2,(H,25,26)(H,27,28). The number of halogens is 2. The molecule has 0 saturated carbocycles. The van der Waals surface area contributed by atoms with E-state index in [0.717, 1.165) is 5.56 Å². The van der Waals surface area contributed by atoms with Crippen molar-refractivity contribution in [3.63, 3.8) is 0 Å². The van der Waals surface area contributed by atoms with E-state index in [0.29, 0.717) is 47.9 Å². The van der Waals surface area contributed by atoms with Crippen molar-refractivity contribution >= 4 is 23.3 Å². The topological polar surface area (TPSA) is 54.0 Å². The second-order valence-corrected chi connectivity index (χ2v) is 6.77. The SMILES string of the molecule is O=C(NCCc1cccc(Cl)c1)c1ccnc(NCCc2ccccc2F)c1. The van der Waals surface area contributed by atoms with Crippen LogP contribution >= 0.6 is 11.6 Å². The van der Waals surface area contributed by atoms with Crippen molar-refractivity contribution in [1.82, 2.24) is 10.3 Å². The van der Waals surface area contributed by atoms with Gasteiger partial charge in [-0.3, -0.25) is 4.79 Å². The molecule has 2 aromatic carbocycles. The van der Waals surface area contributed by atoms with E-state index in [1.165, 1.54) is 6.07 Å². The van der Waals surface area contributed by atoms with Crippen LogP contribution in [0.1, 0.15) is 21.5 Å². The molecule has 3 aromatic rings. The van der Waals surface area contributed by atoms with Gasteiger partial charge in [0.15, 0.2) is 0 Å². The number of anilines is 1. The lowest BCUT2D eigenvalue weighted by molar-refractivity contribution is 0.0954. The first-order valence-corrected chi connectivity index (χ1v) is 9.45. The summed E-state index contributed by atoms with van der Waals surface area (Å²) in [6.07, 6.45) is 2.81. The van der Waals surface area contributed by atoms with Crippen molar-refractivity contribution in [3.8, 4) is 0 Å². The van der Waals surface area contributed by atoms with E-state index >= 15 is 0 Å². The Morgan fingerprint density at radius 1 is 1.00 bits per heavy atom. The van der Waals surface area contributed by atoms with E-state index in [1.54, 1.807) is 30.5 Å². The van der Waals surface area contributed by atoms with Crippen molar-refractivity contribution in [2.75, 3.05) is 18.4 Å². The molecule has 0 unspecified atom stereocenters. The number of nitrogens with one attached hydrogen (secondary N) is 2. The summed E-state index contributed by atoms with van der Waals surface area (Å²) in [5.74, 6) is 0.200. The second-order valence-electron chi connectivity index (χ2n) is 6.33. The minimum atomic E-state index is -0.218. The Kier molecular flexibility index (Phi) is 6.98. The smallest absolute Gasteiger partial charge is 0.251 e. The number of carbonyl (C=O) groups excluding carboxylic acids is 1. The van der Waals surface area contributed by atoms with E-state index in [-0.39, 0.29) is 11.7 Å². The summed E-state index contributed by atoms with van der Waals surface area (Å²) >= 11 is 5.97. The third-order valence-corrected chi connectivity index (χ3v) is 4.50. The third-order valence-electron chi connectivity index (χ3n) is 4.27. The average Bonchev–Trinajstić information content (AvgIpc) is 2.70. The van der Waals surface area contributed by atoms with Gasteiger partial charge >= 0.3 is 0 Å². The maximum absolute atomic E-state index is 13.6. The van der Waals surface area contributed by atoms with Crippen LogP contribution in [0, 0.1) is 5.82 Å². The zero-order chi connectivity index (χ0) is 19.8. The molecule has 0 aliphatic heterocycles. The van der Waals surface area contributed by atoms with Crippen LogP contribution in [-0.4, -0.2) is 24.0 Å². The molecule has 0 aliphatic rings. The summed E-state index contributed by atoms with van der Waals surface area (Å²) in [5, 5.41) is 6.71. The number of rotatable bonds is 8. The molecule has 0 aliphatic carbocycles. The predicted octanol–water partition coefficient (Wildman–Crippen LogP) is 4.50. The zero-order valence-corrected chi connectivity index (χ0v) is 16.0. The summed E-state index contributed by atoms with van der Waals surface area (Å²) in [5.41, 5.74) is 2.23. The Morgan fingerprint density at radius 2 is 1.86 bits per heavy atom. The fourth-order valence-corrected chi connectivity index (χ4v) is 3.02. The van der Waals surface area contributed by atoms with E-state index in [2.05, 4.69) is 15.6 Å². The Balaban J connectivity index is 1.49. The molecule has 2 N–H and O–H groups in total. The molecule has 0 bridgehead atoms. The Bertz CT molecular complexity index is 948. The van der Waals surface area contributed by atoms with Crippen LogP contribution < -0.4 is 10.6 Å². The number of carbonyl (C=O) groups is 1. The minimum absolute atomic E-state index is 0.165. The zero-order valence-electron chi connectivity index (χ0n) is 15.3. The number of hydrogen-bond donors (Lipinski definition) is 2. The Hall–Kier alpha value is -2.92. The molecule has 3 rings (SSSR count). The van der Waals surface area contributed by atoms with Crippen molar-refractivity contribution in [3.05, 3.63) is 94.4 Å². The maximum Gasteiger partial charge on any atom is 0.251 e. The first-order valence-electron chi connectivity index (χ1n) is 9.08. The van der Waals surface area contributed by atoms with Crippen LogP contribution in [0.5, 0.6) is 0 Å². The highest BCUT2D eigenvalue weighted by atomic mass is 35.5. The van der Waals surface area contributed by atoms with Gasteiger partial charge in [-0.25, -0.2) is 9.37 Å². The van der Waals surface area contributed by atoms with Gasteiger partial charge in [0.05, 0.1) is 0 Å². The summed E-state index contributed by atoms with van der Waals surface area (Å²) in [4.78, 5) is 16.6. The molecular weight excluding hydrogens is 377 g/mol. The largest absolute Gasteiger partial charge is 0.370 e. The predicted molar refractivity (Wildman–Crippen MR) is 110 cm³/mol. The van der Waals surface area contributed by atoms with E-state index < -0.39 is 0 Å². The molecule has 0 radical (unpaired) electrons. The average molecular weight is 398 g/mol. The molecule has 0 spiro atoms. The Morgan fingerprint density at radius 3 is 2.68 bits per heavy atom. The van der Waals surface area contributed by atoms with E-state index in [1.807, 2.05) is 30.3 Å². The molecule has 1 heterocycles. The van der Waals surface area contributed by atoms with Gasteiger partial charge in [0.2, 0.25) is 0 Å². The highest BCUT2D eigenvalue weighted by molar-refractivity contribution is 6.30. The van der Waals surface area contributed by atoms with Crippen molar-refractivity contribution in [1.29, 1.82) is 0 Å². The van der Waals surface area contributed by atoms with Gasteiger partial charge < -0.3 is 10.6 Å². The lowest BCUT2D eigenvalue weighted by Crippen LogP contribution is -2.25. The highest BCUT2D eigenvalue weighted by Crippen LogP contribution is 2.12. The molecule has 144 valence electrons. The highest BCUT2D eigenvalue weighted by Gasteiger charge is 2.07. The quantitative estimate of drug-likeness (QED) is 0.588.